The van der Waals surface area contributed by atoms with Crippen molar-refractivity contribution in [1.82, 2.24) is 10.6 Å². The van der Waals surface area contributed by atoms with Crippen molar-refractivity contribution >= 4 is 17.8 Å². The molecule has 3 aliphatic heterocycles. The molecule has 23 nitrogen and oxygen atoms in total. The number of aliphatic hydroxyl groups excluding tert-OH is 11. The maximum Gasteiger partial charge on any atom is 0.364 e. The molecule has 3 rings (SSSR count). The summed E-state index contributed by atoms with van der Waals surface area (Å²) in [6.45, 7) is 2.09. The number of hydrogen-bond acceptors (Lipinski definition) is 20. The molecule has 14 N–H and O–H groups in total. The molecule has 0 aromatic heterocycles. The number of carbonyl (C=O) groups is 3. The molecule has 3 heterocycles. The first-order valence-corrected chi connectivity index (χ1v) is 31.6. The number of ether oxygens (including phenoxy) is 6. The normalized spacial score (nSPS) is 30.0. The zero-order valence-electron chi connectivity index (χ0n) is 50.1. The Morgan fingerprint density at radius 1 is 0.627 bits per heavy atom. The smallest absolute Gasteiger partial charge is 0.364 e. The van der Waals surface area contributed by atoms with Crippen LogP contribution in [-0.4, -0.2) is 215 Å². The predicted octanol–water partition coefficient (Wildman–Crippen LogP) is 3.56. The Morgan fingerprint density at radius 2 is 1.12 bits per heavy atom. The number of amides is 2. The Balaban J connectivity index is 1.62. The summed E-state index contributed by atoms with van der Waals surface area (Å²) in [5, 5.41) is 135. The van der Waals surface area contributed by atoms with E-state index in [0.717, 1.165) is 51.9 Å². The molecule has 3 saturated heterocycles. The van der Waals surface area contributed by atoms with Crippen molar-refractivity contribution in [2.45, 2.75) is 323 Å². The van der Waals surface area contributed by atoms with Gasteiger partial charge in [-0.3, -0.25) is 9.59 Å². The number of nitrogens with one attached hydrogen (secondary N) is 2. The van der Waals surface area contributed by atoms with Crippen molar-refractivity contribution in [2.24, 2.45) is 0 Å². The molecule has 0 bridgehead atoms. The molecular formula is C60H110N2O21. The minimum Gasteiger partial charge on any atom is -0.477 e. The molecule has 83 heavy (non-hydrogen) atoms. The van der Waals surface area contributed by atoms with Gasteiger partial charge in [0.15, 0.2) is 12.6 Å². The molecule has 0 saturated carbocycles. The Morgan fingerprint density at radius 3 is 1.60 bits per heavy atom. The SMILES string of the molecule is CCCCCCCCCC/C=C/C(O)C(COC1OC(CO)C(OC2OC(CO)C(O)C(OC3(C(=O)O)CC(O)C(NC(C)=O)C(C(O)C(O)CO)O3)C2O)C(O)C1O)NC(=O)CCCCCCCCCCCCCCCCCCCCC. The lowest BCUT2D eigenvalue weighted by Gasteiger charge is -2.50. The van der Waals surface area contributed by atoms with Crippen LogP contribution in [0.2, 0.25) is 0 Å². The van der Waals surface area contributed by atoms with Crippen molar-refractivity contribution < 1.29 is 104 Å². The molecule has 18 atom stereocenters. The highest BCUT2D eigenvalue weighted by molar-refractivity contribution is 5.77. The lowest BCUT2D eigenvalue weighted by molar-refractivity contribution is -0.386. The molecule has 0 aromatic rings. The molecule has 3 fully saturated rings. The van der Waals surface area contributed by atoms with Crippen molar-refractivity contribution in [3.05, 3.63) is 12.2 Å². The van der Waals surface area contributed by atoms with Gasteiger partial charge in [-0.2, -0.15) is 0 Å². The quantitative estimate of drug-likeness (QED) is 0.0306. The lowest BCUT2D eigenvalue weighted by atomic mass is 9.88. The molecule has 0 aliphatic carbocycles. The fraction of sp³-hybridized carbons (Fsp3) is 0.917. The van der Waals surface area contributed by atoms with Gasteiger partial charge in [0, 0.05) is 19.8 Å². The largest absolute Gasteiger partial charge is 0.477 e. The summed E-state index contributed by atoms with van der Waals surface area (Å²) >= 11 is 0. The Bertz CT molecular complexity index is 1750. The van der Waals surface area contributed by atoms with Gasteiger partial charge in [-0.1, -0.05) is 187 Å². The minimum absolute atomic E-state index is 0.204. The summed E-state index contributed by atoms with van der Waals surface area (Å²) < 4.78 is 34.7. The van der Waals surface area contributed by atoms with Crippen LogP contribution in [-0.2, 0) is 42.8 Å². The van der Waals surface area contributed by atoms with E-state index >= 15 is 0 Å². The van der Waals surface area contributed by atoms with Crippen molar-refractivity contribution in [3.63, 3.8) is 0 Å². The average molecular weight is 1200 g/mol. The van der Waals surface area contributed by atoms with Gasteiger partial charge in [-0.05, 0) is 19.3 Å². The van der Waals surface area contributed by atoms with Crippen LogP contribution in [0.15, 0.2) is 12.2 Å². The van der Waals surface area contributed by atoms with Crippen LogP contribution < -0.4 is 10.6 Å². The second-order valence-corrected chi connectivity index (χ2v) is 23.3. The van der Waals surface area contributed by atoms with Gasteiger partial charge in [0.1, 0.15) is 67.1 Å². The van der Waals surface area contributed by atoms with Gasteiger partial charge in [0.05, 0.1) is 50.7 Å². The molecule has 23 heteroatoms. The third-order valence-corrected chi connectivity index (χ3v) is 16.2. The van der Waals surface area contributed by atoms with Crippen LogP contribution >= 0.6 is 0 Å². The number of aliphatic carboxylic acids is 1. The first-order chi connectivity index (χ1) is 39.9. The highest BCUT2D eigenvalue weighted by Crippen LogP contribution is 2.38. The number of hydrogen-bond donors (Lipinski definition) is 14. The summed E-state index contributed by atoms with van der Waals surface area (Å²) in [7, 11) is 0. The number of allylic oxidation sites excluding steroid dienone is 1. The lowest BCUT2D eigenvalue weighted by Crippen LogP contribution is -2.70. The van der Waals surface area contributed by atoms with Gasteiger partial charge in [0.2, 0.25) is 11.8 Å². The maximum absolute atomic E-state index is 13.4. The molecule has 486 valence electrons. The zero-order valence-corrected chi connectivity index (χ0v) is 50.1. The number of unbranched alkanes of at least 4 members (excludes halogenated alkanes) is 26. The van der Waals surface area contributed by atoms with E-state index < -0.39 is 155 Å². The summed E-state index contributed by atoms with van der Waals surface area (Å²) in [5.74, 6) is -6.14. The molecule has 0 spiro atoms. The van der Waals surface area contributed by atoms with Crippen LogP contribution in [0, 0.1) is 0 Å². The van der Waals surface area contributed by atoms with E-state index in [1.165, 1.54) is 122 Å². The van der Waals surface area contributed by atoms with Crippen molar-refractivity contribution in [3.8, 4) is 0 Å². The Kier molecular flexibility index (Phi) is 38.1. The van der Waals surface area contributed by atoms with E-state index in [4.69, 9.17) is 28.4 Å². The van der Waals surface area contributed by atoms with E-state index in [-0.39, 0.29) is 12.3 Å². The average Bonchev–Trinajstić information content (AvgIpc) is 2.66. The Labute approximate surface area is 492 Å². The molecule has 0 radical (unpaired) electrons. The monoisotopic (exact) mass is 1190 g/mol. The van der Waals surface area contributed by atoms with Crippen molar-refractivity contribution in [2.75, 3.05) is 26.4 Å². The van der Waals surface area contributed by atoms with Gasteiger partial charge in [-0.25, -0.2) is 4.79 Å². The number of rotatable bonds is 46. The van der Waals surface area contributed by atoms with Gasteiger partial charge in [0.25, 0.3) is 5.79 Å². The van der Waals surface area contributed by atoms with E-state index in [1.807, 2.05) is 6.08 Å². The van der Waals surface area contributed by atoms with E-state index in [0.29, 0.717) is 12.8 Å². The Hall–Kier alpha value is -2.53. The van der Waals surface area contributed by atoms with Gasteiger partial charge >= 0.3 is 5.97 Å². The summed E-state index contributed by atoms with van der Waals surface area (Å²) in [5.41, 5.74) is 0. The number of carboxylic acid groups (broad SMARTS) is 1. The molecule has 0 aromatic carbocycles. The van der Waals surface area contributed by atoms with Gasteiger partial charge in [-0.15, -0.1) is 0 Å². The summed E-state index contributed by atoms with van der Waals surface area (Å²) in [6.07, 6.45) is 7.19. The molecule has 18 unspecified atom stereocenters. The summed E-state index contributed by atoms with van der Waals surface area (Å²) in [4.78, 5) is 38.4. The highest BCUT2D eigenvalue weighted by Gasteiger charge is 2.60. The van der Waals surface area contributed by atoms with Crippen molar-refractivity contribution in [1.29, 1.82) is 0 Å². The van der Waals surface area contributed by atoms with E-state index in [1.54, 1.807) is 6.08 Å². The second-order valence-electron chi connectivity index (χ2n) is 23.3. The van der Waals surface area contributed by atoms with Crippen LogP contribution in [0.4, 0.5) is 0 Å². The topological polar surface area (TPSA) is 373 Å². The van der Waals surface area contributed by atoms with Crippen LogP contribution in [0.25, 0.3) is 0 Å². The second kappa shape index (κ2) is 42.4. The minimum atomic E-state index is -3.08. The zero-order chi connectivity index (χ0) is 61.2. The fourth-order valence-corrected chi connectivity index (χ4v) is 11.1. The number of aliphatic hydroxyl groups is 11. The van der Waals surface area contributed by atoms with Crippen LogP contribution in [0.1, 0.15) is 213 Å². The summed E-state index contributed by atoms with van der Waals surface area (Å²) in [6, 6.07) is -2.61. The number of carbonyl (C=O) groups excluding carboxylic acids is 2. The third kappa shape index (κ3) is 26.4. The van der Waals surface area contributed by atoms with Crippen LogP contribution in [0.5, 0.6) is 0 Å². The fourth-order valence-electron chi connectivity index (χ4n) is 11.1. The molecular weight excluding hydrogens is 1080 g/mol. The van der Waals surface area contributed by atoms with E-state index in [2.05, 4.69) is 24.5 Å². The maximum atomic E-state index is 13.4. The predicted molar refractivity (Wildman–Crippen MR) is 306 cm³/mol. The third-order valence-electron chi connectivity index (χ3n) is 16.2. The van der Waals surface area contributed by atoms with Crippen LogP contribution in [0.3, 0.4) is 0 Å². The molecule has 2 amide bonds. The highest BCUT2D eigenvalue weighted by atomic mass is 16.8. The molecule has 3 aliphatic rings. The number of carboxylic acids is 1. The van der Waals surface area contributed by atoms with E-state index in [9.17, 15) is 75.7 Å². The standard InChI is InChI=1S/C60H110N2O21/c1-4-6-8-10-12-14-16-17-18-19-20-21-22-23-24-26-28-30-32-34-47(70)62-41(42(67)33-31-29-27-25-15-13-11-9-7-5-2)39-78-57-52(74)51(73)54(46(38-65)80-57)81-58-53(75)56(50(72)45(37-64)79-58)83-60(59(76)77)35-43(68)48(61-40(3)66)55(82-60)49(71)44(69)36-63/h31,33,41-46,48-58,63-65,67-69,71-75H,4-30,32,34-39H2,1-3H3,(H,61,66)(H,62,70)(H,76,77)/b33-31+. The first-order valence-electron chi connectivity index (χ1n) is 31.6. The van der Waals surface area contributed by atoms with Gasteiger partial charge < -0.3 is 100 Å². The first kappa shape index (κ1) is 74.7.